The molecule has 0 saturated carbocycles. The molecule has 3 nitrogen and oxygen atoms in total. The van der Waals surface area contributed by atoms with Gasteiger partial charge in [-0.15, -0.1) is 12.4 Å². The van der Waals surface area contributed by atoms with Crippen LogP contribution in [0.4, 0.5) is 5.69 Å². The van der Waals surface area contributed by atoms with Crippen molar-refractivity contribution < 1.29 is 9.84 Å². The number of hydrogen-bond acceptors (Lipinski definition) is 3. The monoisotopic (exact) mass is 251 g/mol. The van der Waals surface area contributed by atoms with Gasteiger partial charge in [0.25, 0.3) is 0 Å². The fourth-order valence-electron chi connectivity index (χ4n) is 1.56. The Morgan fingerprint density at radius 1 is 1.06 bits per heavy atom. The van der Waals surface area contributed by atoms with Crippen LogP contribution in [0.5, 0.6) is 11.5 Å². The largest absolute Gasteiger partial charge is 0.507 e. The van der Waals surface area contributed by atoms with Gasteiger partial charge in [-0.25, -0.2) is 0 Å². The minimum absolute atomic E-state index is 0. The van der Waals surface area contributed by atoms with Crippen LogP contribution in [0.2, 0.25) is 0 Å². The number of phenols is 1. The molecule has 0 heterocycles. The molecule has 0 aliphatic carbocycles. The minimum atomic E-state index is 0. The van der Waals surface area contributed by atoms with Crippen LogP contribution in [0.1, 0.15) is 0 Å². The zero-order chi connectivity index (χ0) is 11.5. The molecule has 0 aliphatic heterocycles. The number of aromatic hydroxyl groups is 1. The highest BCUT2D eigenvalue weighted by atomic mass is 35.5. The first-order valence-corrected chi connectivity index (χ1v) is 4.93. The van der Waals surface area contributed by atoms with Gasteiger partial charge in [0, 0.05) is 17.3 Å². The summed E-state index contributed by atoms with van der Waals surface area (Å²) in [6.07, 6.45) is 0. The number of benzene rings is 2. The van der Waals surface area contributed by atoms with Crippen LogP contribution in [0.15, 0.2) is 42.5 Å². The second-order valence-corrected chi connectivity index (χ2v) is 3.51. The molecule has 4 heteroatoms. The summed E-state index contributed by atoms with van der Waals surface area (Å²) in [5, 5.41) is 9.76. The normalized spacial score (nSPS) is 9.47. The van der Waals surface area contributed by atoms with E-state index >= 15 is 0 Å². The van der Waals surface area contributed by atoms with E-state index in [9.17, 15) is 5.11 Å². The van der Waals surface area contributed by atoms with Gasteiger partial charge in [0.05, 0.1) is 7.11 Å². The molecule has 0 aliphatic rings. The molecule has 2 aromatic rings. The number of nitrogen functional groups attached to an aromatic ring is 1. The molecule has 90 valence electrons. The van der Waals surface area contributed by atoms with Crippen molar-refractivity contribution in [3.05, 3.63) is 42.5 Å². The summed E-state index contributed by atoms with van der Waals surface area (Å²) in [5.41, 5.74) is 7.81. The lowest BCUT2D eigenvalue weighted by Crippen LogP contribution is -1.86. The van der Waals surface area contributed by atoms with Crippen molar-refractivity contribution in [3.8, 4) is 22.6 Å². The van der Waals surface area contributed by atoms with Crippen LogP contribution in [0, 0.1) is 0 Å². The summed E-state index contributed by atoms with van der Waals surface area (Å²) in [7, 11) is 1.62. The number of hydrogen-bond donors (Lipinski definition) is 2. The van der Waals surface area contributed by atoms with Crippen LogP contribution >= 0.6 is 12.4 Å². The Balaban J connectivity index is 0.00000144. The standard InChI is InChI=1S/C13H13NO2.ClH/c1-16-11-5-2-9(3-6-11)12-7-4-10(14)8-13(12)15;/h2-8,15H,14H2,1H3;1H. The lowest BCUT2D eigenvalue weighted by molar-refractivity contribution is 0.415. The van der Waals surface area contributed by atoms with Crippen LogP contribution in [-0.2, 0) is 0 Å². The Labute approximate surface area is 106 Å². The average Bonchev–Trinajstić information content (AvgIpc) is 2.29. The molecule has 3 N–H and O–H groups in total. The molecular formula is C13H14ClNO2. The van der Waals surface area contributed by atoms with E-state index in [0.29, 0.717) is 5.69 Å². The lowest BCUT2D eigenvalue weighted by atomic mass is 10.0. The van der Waals surface area contributed by atoms with E-state index in [1.54, 1.807) is 25.3 Å². The quantitative estimate of drug-likeness (QED) is 0.807. The SMILES string of the molecule is COc1ccc(-c2ccc(N)cc2O)cc1.Cl. The van der Waals surface area contributed by atoms with Gasteiger partial charge in [-0.1, -0.05) is 12.1 Å². The first-order chi connectivity index (χ1) is 7.70. The van der Waals surface area contributed by atoms with E-state index in [0.717, 1.165) is 16.9 Å². The van der Waals surface area contributed by atoms with Crippen molar-refractivity contribution >= 4 is 18.1 Å². The number of ether oxygens (including phenoxy) is 1. The molecule has 2 aromatic carbocycles. The Hall–Kier alpha value is -1.87. The molecule has 0 saturated heterocycles. The van der Waals surface area contributed by atoms with Gasteiger partial charge in [0.15, 0.2) is 0 Å². The van der Waals surface area contributed by atoms with E-state index in [2.05, 4.69) is 0 Å². The van der Waals surface area contributed by atoms with Gasteiger partial charge < -0.3 is 15.6 Å². The fourth-order valence-corrected chi connectivity index (χ4v) is 1.56. The highest BCUT2D eigenvalue weighted by molar-refractivity contribution is 5.85. The summed E-state index contributed by atoms with van der Waals surface area (Å²) in [5.74, 6) is 0.976. The van der Waals surface area contributed by atoms with Gasteiger partial charge in [-0.05, 0) is 29.8 Å². The molecule has 0 atom stereocenters. The van der Waals surface area contributed by atoms with Crippen molar-refractivity contribution in [1.29, 1.82) is 0 Å². The molecule has 0 fully saturated rings. The summed E-state index contributed by atoms with van der Waals surface area (Å²) in [4.78, 5) is 0. The van der Waals surface area contributed by atoms with Crippen LogP contribution in [-0.4, -0.2) is 12.2 Å². The minimum Gasteiger partial charge on any atom is -0.507 e. The Bertz CT molecular complexity index is 497. The van der Waals surface area contributed by atoms with Crippen LogP contribution in [0.25, 0.3) is 11.1 Å². The van der Waals surface area contributed by atoms with E-state index in [-0.39, 0.29) is 18.2 Å². The fraction of sp³-hybridized carbons (Fsp3) is 0.0769. The number of phenolic OH excluding ortho intramolecular Hbond substituents is 1. The molecular weight excluding hydrogens is 238 g/mol. The molecule has 17 heavy (non-hydrogen) atoms. The maximum Gasteiger partial charge on any atom is 0.125 e. The lowest BCUT2D eigenvalue weighted by Gasteiger charge is -2.06. The molecule has 0 aromatic heterocycles. The molecule has 0 spiro atoms. The van der Waals surface area contributed by atoms with Crippen molar-refractivity contribution in [1.82, 2.24) is 0 Å². The van der Waals surface area contributed by atoms with E-state index in [1.807, 2.05) is 24.3 Å². The number of methoxy groups -OCH3 is 1. The Morgan fingerprint density at radius 3 is 2.24 bits per heavy atom. The summed E-state index contributed by atoms with van der Waals surface area (Å²) >= 11 is 0. The number of rotatable bonds is 2. The number of anilines is 1. The highest BCUT2D eigenvalue weighted by Crippen LogP contribution is 2.31. The zero-order valence-corrected chi connectivity index (χ0v) is 10.2. The van der Waals surface area contributed by atoms with E-state index in [1.165, 1.54) is 0 Å². The number of nitrogens with two attached hydrogens (primary N) is 1. The first-order valence-electron chi connectivity index (χ1n) is 4.93. The Kier molecular flexibility index (Phi) is 4.24. The molecule has 0 amide bonds. The third kappa shape index (κ3) is 2.82. The predicted molar refractivity (Wildman–Crippen MR) is 71.8 cm³/mol. The highest BCUT2D eigenvalue weighted by Gasteiger charge is 2.04. The molecule has 0 bridgehead atoms. The third-order valence-corrected chi connectivity index (χ3v) is 2.42. The van der Waals surface area contributed by atoms with Crippen molar-refractivity contribution in [2.45, 2.75) is 0 Å². The van der Waals surface area contributed by atoms with Gasteiger partial charge in [-0.2, -0.15) is 0 Å². The summed E-state index contributed by atoms with van der Waals surface area (Å²) < 4.78 is 5.07. The van der Waals surface area contributed by atoms with Crippen LogP contribution in [0.3, 0.4) is 0 Å². The summed E-state index contributed by atoms with van der Waals surface area (Å²) in [6, 6.07) is 12.6. The third-order valence-electron chi connectivity index (χ3n) is 2.42. The van der Waals surface area contributed by atoms with E-state index in [4.69, 9.17) is 10.5 Å². The smallest absolute Gasteiger partial charge is 0.125 e. The van der Waals surface area contributed by atoms with E-state index < -0.39 is 0 Å². The average molecular weight is 252 g/mol. The Morgan fingerprint density at radius 2 is 1.71 bits per heavy atom. The topological polar surface area (TPSA) is 55.5 Å². The van der Waals surface area contributed by atoms with Crippen molar-refractivity contribution in [3.63, 3.8) is 0 Å². The number of halogens is 1. The van der Waals surface area contributed by atoms with Gasteiger partial charge in [0.2, 0.25) is 0 Å². The van der Waals surface area contributed by atoms with Gasteiger partial charge in [0.1, 0.15) is 11.5 Å². The van der Waals surface area contributed by atoms with Gasteiger partial charge >= 0.3 is 0 Å². The van der Waals surface area contributed by atoms with Crippen LogP contribution < -0.4 is 10.5 Å². The molecule has 0 unspecified atom stereocenters. The van der Waals surface area contributed by atoms with Gasteiger partial charge in [-0.3, -0.25) is 0 Å². The second-order valence-electron chi connectivity index (χ2n) is 3.51. The maximum atomic E-state index is 9.76. The summed E-state index contributed by atoms with van der Waals surface area (Å²) in [6.45, 7) is 0. The molecule has 0 radical (unpaired) electrons. The predicted octanol–water partition coefficient (Wildman–Crippen LogP) is 3.07. The van der Waals surface area contributed by atoms with Crippen molar-refractivity contribution in [2.75, 3.05) is 12.8 Å². The maximum absolute atomic E-state index is 9.76. The second kappa shape index (κ2) is 5.46. The van der Waals surface area contributed by atoms with Crippen molar-refractivity contribution in [2.24, 2.45) is 0 Å². The first kappa shape index (κ1) is 13.2. The molecule has 2 rings (SSSR count). The zero-order valence-electron chi connectivity index (χ0n) is 9.38.